The van der Waals surface area contributed by atoms with Gasteiger partial charge < -0.3 is 20.1 Å². The molecule has 0 bridgehead atoms. The number of hydrogen-bond acceptors (Lipinski definition) is 8. The van der Waals surface area contributed by atoms with Crippen LogP contribution in [0.1, 0.15) is 72.9 Å². The number of imidazole rings is 1. The first-order valence-electron chi connectivity index (χ1n) is 12.8. The molecule has 2 atom stereocenters. The van der Waals surface area contributed by atoms with Gasteiger partial charge in [0.2, 0.25) is 0 Å². The number of rotatable bonds is 9. The van der Waals surface area contributed by atoms with Gasteiger partial charge in [-0.1, -0.05) is 13.3 Å². The van der Waals surface area contributed by atoms with Gasteiger partial charge in [0.1, 0.15) is 6.10 Å². The molecule has 1 saturated heterocycles. The molecule has 1 unspecified atom stereocenters. The standard InChI is InChI=1S/C25H43N7O3/c1-8-9-17(2)34-23-28-21(26)22-27-15-20(32(22)29-23)14-19-10-12-31(13-11-19)16-18(3)35-24(33)30(7)25(4,5)6/h15,17-19H,8-14,16H2,1-7H3,(H2,26,28,29)/t17-,18?/m0/s1. The lowest BCUT2D eigenvalue weighted by atomic mass is 9.92. The molecule has 0 radical (unpaired) electrons. The molecule has 1 aliphatic heterocycles. The van der Waals surface area contributed by atoms with Gasteiger partial charge in [-0.05, 0) is 79.3 Å². The molecule has 35 heavy (non-hydrogen) atoms. The molecule has 0 spiro atoms. The third-order valence-electron chi connectivity index (χ3n) is 6.74. The highest BCUT2D eigenvalue weighted by Gasteiger charge is 2.27. The number of nitrogen functional groups attached to an aromatic ring is 1. The Balaban J connectivity index is 1.53. The van der Waals surface area contributed by atoms with Crippen LogP contribution < -0.4 is 10.5 Å². The number of nitrogens with zero attached hydrogens (tertiary/aromatic N) is 6. The first-order chi connectivity index (χ1) is 16.5. The number of carbonyl (C=O) groups is 1. The highest BCUT2D eigenvalue weighted by Crippen LogP contribution is 2.24. The second kappa shape index (κ2) is 11.4. The van der Waals surface area contributed by atoms with Crippen LogP contribution in [-0.2, 0) is 11.2 Å². The molecule has 2 N–H and O–H groups in total. The fraction of sp³-hybridized carbons (Fsp3) is 0.760. The van der Waals surface area contributed by atoms with Crippen LogP contribution in [0, 0.1) is 5.92 Å². The number of piperidine rings is 1. The zero-order valence-corrected chi connectivity index (χ0v) is 22.5. The Morgan fingerprint density at radius 3 is 2.57 bits per heavy atom. The molecule has 1 amide bonds. The molecule has 0 aromatic carbocycles. The summed E-state index contributed by atoms with van der Waals surface area (Å²) < 4.78 is 13.3. The van der Waals surface area contributed by atoms with Crippen molar-refractivity contribution in [3.8, 4) is 6.01 Å². The van der Waals surface area contributed by atoms with Crippen molar-refractivity contribution in [2.75, 3.05) is 32.4 Å². The molecule has 3 heterocycles. The van der Waals surface area contributed by atoms with Gasteiger partial charge in [-0.3, -0.25) is 4.90 Å². The van der Waals surface area contributed by atoms with Crippen molar-refractivity contribution in [3.05, 3.63) is 11.9 Å². The summed E-state index contributed by atoms with van der Waals surface area (Å²) in [7, 11) is 1.78. The number of hydrogen-bond donors (Lipinski definition) is 1. The van der Waals surface area contributed by atoms with Gasteiger partial charge in [0.15, 0.2) is 11.5 Å². The Hall–Kier alpha value is -2.62. The van der Waals surface area contributed by atoms with Crippen molar-refractivity contribution in [2.45, 2.75) is 91.4 Å². The van der Waals surface area contributed by atoms with Gasteiger partial charge >= 0.3 is 12.1 Å². The maximum absolute atomic E-state index is 12.4. The first-order valence-corrected chi connectivity index (χ1v) is 12.8. The lowest BCUT2D eigenvalue weighted by Crippen LogP contribution is -2.45. The normalized spacial score (nSPS) is 17.3. The van der Waals surface area contributed by atoms with Crippen LogP contribution in [-0.4, -0.2) is 79.9 Å². The molecular formula is C25H43N7O3. The number of fused-ring (bicyclic) bond motifs is 1. The van der Waals surface area contributed by atoms with E-state index in [1.54, 1.807) is 16.5 Å². The van der Waals surface area contributed by atoms with Crippen molar-refractivity contribution in [2.24, 2.45) is 5.92 Å². The predicted octanol–water partition coefficient (Wildman–Crippen LogP) is 3.78. The number of amides is 1. The summed E-state index contributed by atoms with van der Waals surface area (Å²) in [6.07, 6.45) is 6.40. The maximum Gasteiger partial charge on any atom is 0.410 e. The summed E-state index contributed by atoms with van der Waals surface area (Å²) in [5, 5.41) is 4.57. The summed E-state index contributed by atoms with van der Waals surface area (Å²) in [5.41, 5.74) is 7.47. The highest BCUT2D eigenvalue weighted by molar-refractivity contribution is 5.68. The first kappa shape index (κ1) is 27.0. The quantitative estimate of drug-likeness (QED) is 0.566. The van der Waals surface area contributed by atoms with Crippen LogP contribution in [0.5, 0.6) is 6.01 Å². The van der Waals surface area contributed by atoms with Crippen LogP contribution in [0.2, 0.25) is 0 Å². The number of ether oxygens (including phenoxy) is 2. The van der Waals surface area contributed by atoms with E-state index in [1.807, 2.05) is 40.8 Å². The molecule has 1 aliphatic rings. The van der Waals surface area contributed by atoms with Crippen molar-refractivity contribution in [1.29, 1.82) is 0 Å². The van der Waals surface area contributed by atoms with Crippen molar-refractivity contribution < 1.29 is 14.3 Å². The number of carbonyl (C=O) groups excluding carboxylic acids is 1. The minimum Gasteiger partial charge on any atom is -0.459 e. The smallest absolute Gasteiger partial charge is 0.410 e. The van der Waals surface area contributed by atoms with E-state index in [-0.39, 0.29) is 23.8 Å². The molecule has 2 aromatic heterocycles. The van der Waals surface area contributed by atoms with E-state index in [9.17, 15) is 4.79 Å². The summed E-state index contributed by atoms with van der Waals surface area (Å²) in [5.74, 6) is 0.857. The maximum atomic E-state index is 12.4. The molecular weight excluding hydrogens is 446 g/mol. The van der Waals surface area contributed by atoms with Crippen LogP contribution in [0.25, 0.3) is 5.65 Å². The third-order valence-corrected chi connectivity index (χ3v) is 6.74. The van der Waals surface area contributed by atoms with Gasteiger partial charge in [-0.2, -0.15) is 4.98 Å². The molecule has 196 valence electrons. The number of aromatic nitrogens is 4. The zero-order chi connectivity index (χ0) is 25.8. The predicted molar refractivity (Wildman–Crippen MR) is 137 cm³/mol. The van der Waals surface area contributed by atoms with Crippen molar-refractivity contribution >= 4 is 17.6 Å². The Morgan fingerprint density at radius 2 is 1.94 bits per heavy atom. The number of anilines is 1. The second-order valence-electron chi connectivity index (χ2n) is 10.9. The van der Waals surface area contributed by atoms with Crippen LogP contribution in [0.15, 0.2) is 6.20 Å². The van der Waals surface area contributed by atoms with Gasteiger partial charge in [0.05, 0.1) is 18.0 Å². The lowest BCUT2D eigenvalue weighted by molar-refractivity contribution is 0.0329. The monoisotopic (exact) mass is 489 g/mol. The molecule has 1 fully saturated rings. The second-order valence-corrected chi connectivity index (χ2v) is 10.9. The molecule has 10 heteroatoms. The fourth-order valence-corrected chi connectivity index (χ4v) is 4.36. The lowest BCUT2D eigenvalue weighted by Gasteiger charge is -2.35. The largest absolute Gasteiger partial charge is 0.459 e. The van der Waals surface area contributed by atoms with E-state index >= 15 is 0 Å². The van der Waals surface area contributed by atoms with Crippen molar-refractivity contribution in [3.63, 3.8) is 0 Å². The Bertz CT molecular complexity index is 979. The summed E-state index contributed by atoms with van der Waals surface area (Å²) in [4.78, 5) is 25.1. The number of likely N-dealkylation sites (tertiary alicyclic amines) is 1. The van der Waals surface area contributed by atoms with E-state index < -0.39 is 0 Å². The van der Waals surface area contributed by atoms with Gasteiger partial charge in [0, 0.05) is 19.1 Å². The van der Waals surface area contributed by atoms with Crippen molar-refractivity contribution in [1.82, 2.24) is 29.4 Å². The van der Waals surface area contributed by atoms with Crippen LogP contribution >= 0.6 is 0 Å². The van der Waals surface area contributed by atoms with Crippen LogP contribution in [0.4, 0.5) is 10.6 Å². The molecule has 10 nitrogen and oxygen atoms in total. The van der Waals surface area contributed by atoms with Gasteiger partial charge in [-0.15, -0.1) is 5.10 Å². The minimum atomic E-state index is -0.277. The summed E-state index contributed by atoms with van der Waals surface area (Å²) >= 11 is 0. The van der Waals surface area contributed by atoms with E-state index in [4.69, 9.17) is 15.2 Å². The van der Waals surface area contributed by atoms with E-state index in [0.717, 1.165) is 57.4 Å². The Morgan fingerprint density at radius 1 is 1.26 bits per heavy atom. The summed E-state index contributed by atoms with van der Waals surface area (Å²) in [6.45, 7) is 14.8. The molecule has 0 saturated carbocycles. The molecule has 2 aromatic rings. The Kier molecular flexibility index (Phi) is 8.79. The van der Waals surface area contributed by atoms with E-state index in [2.05, 4.69) is 26.9 Å². The van der Waals surface area contributed by atoms with Gasteiger partial charge in [0.25, 0.3) is 0 Å². The van der Waals surface area contributed by atoms with E-state index in [1.165, 1.54) is 0 Å². The molecule has 3 rings (SSSR count). The van der Waals surface area contributed by atoms with Crippen LogP contribution in [0.3, 0.4) is 0 Å². The average Bonchev–Trinajstić information content (AvgIpc) is 3.17. The minimum absolute atomic E-state index is 0.0312. The third kappa shape index (κ3) is 7.19. The highest BCUT2D eigenvalue weighted by atomic mass is 16.6. The molecule has 0 aliphatic carbocycles. The number of nitrogens with two attached hydrogens (primary N) is 1. The van der Waals surface area contributed by atoms with Gasteiger partial charge in [-0.25, -0.2) is 14.3 Å². The SMILES string of the molecule is CCC[C@H](C)Oc1nc(N)c2ncc(CC3CCN(CC(C)OC(=O)N(C)C(C)(C)C)CC3)n2n1. The average molecular weight is 490 g/mol. The fourth-order valence-electron chi connectivity index (χ4n) is 4.36. The summed E-state index contributed by atoms with van der Waals surface area (Å²) in [6, 6.07) is 0.297. The van der Waals surface area contributed by atoms with E-state index in [0.29, 0.717) is 23.4 Å². The zero-order valence-electron chi connectivity index (χ0n) is 22.5. The topological polar surface area (TPSA) is 111 Å². The Labute approximate surface area is 209 Å².